The van der Waals surface area contributed by atoms with Gasteiger partial charge in [-0.15, -0.1) is 10.2 Å². The van der Waals surface area contributed by atoms with E-state index in [1.807, 2.05) is 48.2 Å². The molecule has 0 saturated carbocycles. The topological polar surface area (TPSA) is 84.4 Å². The van der Waals surface area contributed by atoms with Crippen LogP contribution in [0.4, 0.5) is 5.69 Å². The molecule has 0 radical (unpaired) electrons. The van der Waals surface area contributed by atoms with Crippen molar-refractivity contribution in [1.29, 1.82) is 0 Å². The molecule has 2 heterocycles. The van der Waals surface area contributed by atoms with E-state index < -0.39 is 0 Å². The Labute approximate surface area is 185 Å². The van der Waals surface area contributed by atoms with E-state index in [9.17, 15) is 9.59 Å². The van der Waals surface area contributed by atoms with Gasteiger partial charge < -0.3 is 15.0 Å². The summed E-state index contributed by atoms with van der Waals surface area (Å²) in [5.41, 5.74) is 2.35. The van der Waals surface area contributed by atoms with Crippen LogP contribution in [0.5, 0.6) is 5.75 Å². The minimum absolute atomic E-state index is 0.0226. The van der Waals surface area contributed by atoms with Crippen molar-refractivity contribution >= 4 is 28.8 Å². The lowest BCUT2D eigenvalue weighted by Crippen LogP contribution is -2.39. The molecule has 2 aromatic carbocycles. The first-order valence-electron chi connectivity index (χ1n) is 10.2. The van der Waals surface area contributed by atoms with E-state index in [4.69, 9.17) is 4.74 Å². The average Bonchev–Trinajstić information content (AvgIpc) is 3.31. The Hall–Kier alpha value is -3.26. The van der Waals surface area contributed by atoms with Crippen LogP contribution < -0.4 is 10.1 Å². The van der Waals surface area contributed by atoms with Crippen LogP contribution >= 0.6 is 11.3 Å². The summed E-state index contributed by atoms with van der Waals surface area (Å²) in [5.74, 6) is 0.442. The van der Waals surface area contributed by atoms with Crippen LogP contribution in [0.1, 0.15) is 49.5 Å². The molecule has 1 N–H and O–H groups in total. The number of anilines is 1. The van der Waals surface area contributed by atoms with Crippen molar-refractivity contribution in [2.75, 3.05) is 25.5 Å². The lowest BCUT2D eigenvalue weighted by atomic mass is 9.98. The first kappa shape index (κ1) is 21.0. The Morgan fingerprint density at radius 1 is 1.16 bits per heavy atom. The predicted octanol–water partition coefficient (Wildman–Crippen LogP) is 4.13. The summed E-state index contributed by atoms with van der Waals surface area (Å²) >= 11 is 1.30. The van der Waals surface area contributed by atoms with E-state index in [2.05, 4.69) is 15.5 Å². The number of aryl methyl sites for hydroxylation is 1. The lowest BCUT2D eigenvalue weighted by Gasteiger charge is -2.31. The van der Waals surface area contributed by atoms with Gasteiger partial charge in [0.15, 0.2) is 0 Å². The van der Waals surface area contributed by atoms with Crippen LogP contribution in [0.2, 0.25) is 0 Å². The zero-order valence-corrected chi connectivity index (χ0v) is 18.3. The summed E-state index contributed by atoms with van der Waals surface area (Å²) in [6.07, 6.45) is 1.79. The molecule has 31 heavy (non-hydrogen) atoms. The highest BCUT2D eigenvalue weighted by Gasteiger charge is 2.28. The monoisotopic (exact) mass is 436 g/mol. The van der Waals surface area contributed by atoms with E-state index >= 15 is 0 Å². The highest BCUT2D eigenvalue weighted by Crippen LogP contribution is 2.30. The van der Waals surface area contributed by atoms with E-state index in [1.165, 1.54) is 11.3 Å². The normalized spacial score (nSPS) is 16.1. The van der Waals surface area contributed by atoms with Gasteiger partial charge in [0.25, 0.3) is 11.8 Å². The summed E-state index contributed by atoms with van der Waals surface area (Å²) in [5, 5.41) is 12.4. The summed E-state index contributed by atoms with van der Waals surface area (Å²) in [7, 11) is 1.59. The first-order chi connectivity index (χ1) is 15.0. The number of carbonyl (C=O) groups excluding carboxylic acids is 2. The van der Waals surface area contributed by atoms with Crippen molar-refractivity contribution in [2.45, 2.75) is 25.7 Å². The minimum atomic E-state index is -0.266. The van der Waals surface area contributed by atoms with Crippen LogP contribution in [-0.4, -0.2) is 47.1 Å². The number of amides is 2. The number of nitrogens with zero attached hydrogens (tertiary/aromatic N) is 3. The number of methoxy groups -OCH3 is 1. The number of rotatable bonds is 5. The van der Waals surface area contributed by atoms with Gasteiger partial charge in [-0.25, -0.2) is 0 Å². The largest absolute Gasteiger partial charge is 0.497 e. The number of hydrogen-bond acceptors (Lipinski definition) is 6. The van der Waals surface area contributed by atoms with E-state index in [-0.39, 0.29) is 17.7 Å². The number of nitrogens with one attached hydrogen (secondary N) is 1. The van der Waals surface area contributed by atoms with Gasteiger partial charge in [0.05, 0.1) is 7.11 Å². The third-order valence-electron chi connectivity index (χ3n) is 5.40. The second-order valence-corrected chi connectivity index (χ2v) is 8.55. The Bertz CT molecular complexity index is 1100. The number of aromatic nitrogens is 2. The number of piperidine rings is 1. The standard InChI is InChI=1S/C23H24N4O3S/c1-15-7-3-4-11-19(15)24-20(28)22-26-25-21(31-22)17-9-6-12-27(14-17)23(29)16-8-5-10-18(13-16)30-2/h3-5,7-8,10-11,13,17H,6,9,12,14H2,1-2H3,(H,24,28)/t17-/m0/s1. The zero-order valence-electron chi connectivity index (χ0n) is 17.5. The second-order valence-electron chi connectivity index (χ2n) is 7.54. The van der Waals surface area contributed by atoms with Crippen molar-refractivity contribution in [1.82, 2.24) is 15.1 Å². The SMILES string of the molecule is COc1cccc(C(=O)N2CCC[C@H](c3nnc(C(=O)Nc4ccccc4C)s3)C2)c1. The van der Waals surface area contributed by atoms with Crippen molar-refractivity contribution in [3.8, 4) is 5.75 Å². The summed E-state index contributed by atoms with van der Waals surface area (Å²) in [6.45, 7) is 3.20. The minimum Gasteiger partial charge on any atom is -0.497 e. The second kappa shape index (κ2) is 9.26. The van der Waals surface area contributed by atoms with Crippen LogP contribution in [0.3, 0.4) is 0 Å². The predicted molar refractivity (Wildman–Crippen MR) is 120 cm³/mol. The van der Waals surface area contributed by atoms with Gasteiger partial charge in [-0.3, -0.25) is 9.59 Å². The molecular formula is C23H24N4O3S. The molecule has 7 nitrogen and oxygen atoms in total. The molecule has 1 aromatic heterocycles. The molecule has 1 saturated heterocycles. The Morgan fingerprint density at radius 2 is 2.00 bits per heavy atom. The van der Waals surface area contributed by atoms with Crippen molar-refractivity contribution in [3.63, 3.8) is 0 Å². The fourth-order valence-electron chi connectivity index (χ4n) is 3.68. The molecule has 0 spiro atoms. The molecule has 1 fully saturated rings. The fourth-order valence-corrected chi connectivity index (χ4v) is 4.55. The number of hydrogen-bond donors (Lipinski definition) is 1. The average molecular weight is 437 g/mol. The number of carbonyl (C=O) groups is 2. The number of ether oxygens (including phenoxy) is 1. The number of likely N-dealkylation sites (tertiary alicyclic amines) is 1. The van der Waals surface area contributed by atoms with Crippen LogP contribution in [0.15, 0.2) is 48.5 Å². The maximum atomic E-state index is 13.0. The van der Waals surface area contributed by atoms with Gasteiger partial charge in [-0.2, -0.15) is 0 Å². The molecule has 8 heteroatoms. The molecular weight excluding hydrogens is 412 g/mol. The molecule has 3 aromatic rings. The molecule has 1 aliphatic heterocycles. The lowest BCUT2D eigenvalue weighted by molar-refractivity contribution is 0.0706. The van der Waals surface area contributed by atoms with E-state index in [0.29, 0.717) is 29.4 Å². The zero-order chi connectivity index (χ0) is 21.8. The van der Waals surface area contributed by atoms with Crippen LogP contribution in [-0.2, 0) is 0 Å². The molecule has 1 atom stereocenters. The molecule has 160 valence electrons. The molecule has 0 bridgehead atoms. The van der Waals surface area contributed by atoms with Crippen LogP contribution in [0.25, 0.3) is 0 Å². The summed E-state index contributed by atoms with van der Waals surface area (Å²) in [6, 6.07) is 14.8. The summed E-state index contributed by atoms with van der Waals surface area (Å²) in [4.78, 5) is 27.4. The van der Waals surface area contributed by atoms with Crippen molar-refractivity contribution < 1.29 is 14.3 Å². The number of para-hydroxylation sites is 1. The highest BCUT2D eigenvalue weighted by molar-refractivity contribution is 7.13. The highest BCUT2D eigenvalue weighted by atomic mass is 32.1. The van der Waals surface area contributed by atoms with Gasteiger partial charge in [-0.05, 0) is 49.6 Å². The van der Waals surface area contributed by atoms with Crippen LogP contribution in [0, 0.1) is 6.92 Å². The Balaban J connectivity index is 1.44. The Morgan fingerprint density at radius 3 is 2.81 bits per heavy atom. The fraction of sp³-hybridized carbons (Fsp3) is 0.304. The van der Waals surface area contributed by atoms with E-state index in [1.54, 1.807) is 19.2 Å². The first-order valence-corrected chi connectivity index (χ1v) is 11.0. The molecule has 0 aliphatic carbocycles. The Kier molecular flexibility index (Phi) is 6.27. The molecule has 2 amide bonds. The maximum Gasteiger partial charge on any atom is 0.286 e. The van der Waals surface area contributed by atoms with Gasteiger partial charge in [0.1, 0.15) is 10.8 Å². The molecule has 4 rings (SSSR count). The van der Waals surface area contributed by atoms with Gasteiger partial charge in [0.2, 0.25) is 5.01 Å². The smallest absolute Gasteiger partial charge is 0.286 e. The quantitative estimate of drug-likeness (QED) is 0.650. The van der Waals surface area contributed by atoms with Crippen molar-refractivity contribution in [3.05, 3.63) is 69.7 Å². The van der Waals surface area contributed by atoms with Gasteiger partial charge in [0, 0.05) is 30.3 Å². The van der Waals surface area contributed by atoms with Gasteiger partial charge >= 0.3 is 0 Å². The summed E-state index contributed by atoms with van der Waals surface area (Å²) < 4.78 is 5.23. The number of benzene rings is 2. The van der Waals surface area contributed by atoms with Crippen molar-refractivity contribution in [2.24, 2.45) is 0 Å². The van der Waals surface area contributed by atoms with Gasteiger partial charge in [-0.1, -0.05) is 35.6 Å². The third-order valence-corrected chi connectivity index (χ3v) is 6.49. The maximum absolute atomic E-state index is 13.0. The molecule has 0 unspecified atom stereocenters. The van der Waals surface area contributed by atoms with E-state index in [0.717, 1.165) is 29.1 Å². The molecule has 1 aliphatic rings. The third kappa shape index (κ3) is 4.74.